The Balaban J connectivity index is 2.13. The zero-order valence-corrected chi connectivity index (χ0v) is 13.8. The molecule has 1 N–H and O–H groups in total. The van der Waals surface area contributed by atoms with Crippen LogP contribution < -0.4 is 5.43 Å². The highest BCUT2D eigenvalue weighted by atomic mass is 15.4. The van der Waals surface area contributed by atoms with Crippen molar-refractivity contribution >= 4 is 11.7 Å². The highest BCUT2D eigenvalue weighted by molar-refractivity contribution is 5.99. The van der Waals surface area contributed by atoms with Crippen molar-refractivity contribution in [2.75, 3.05) is 5.43 Å². The Morgan fingerprint density at radius 3 is 2.73 bits per heavy atom. The van der Waals surface area contributed by atoms with Crippen LogP contribution in [0.15, 0.2) is 35.4 Å². The van der Waals surface area contributed by atoms with Gasteiger partial charge in [-0.05, 0) is 45.2 Å². The van der Waals surface area contributed by atoms with E-state index in [4.69, 9.17) is 0 Å². The molecule has 1 heterocycles. The molecule has 0 unspecified atom stereocenters. The summed E-state index contributed by atoms with van der Waals surface area (Å²) < 4.78 is 0. The molecule has 0 saturated carbocycles. The van der Waals surface area contributed by atoms with Crippen LogP contribution in [0, 0.1) is 13.8 Å². The van der Waals surface area contributed by atoms with E-state index < -0.39 is 0 Å². The topological polar surface area (TPSA) is 50.2 Å². The Kier molecular flexibility index (Phi) is 5.64. The first-order valence-electron chi connectivity index (χ1n) is 7.80. The van der Waals surface area contributed by atoms with Crippen LogP contribution >= 0.6 is 0 Å². The maximum atomic E-state index is 4.52. The van der Waals surface area contributed by atoms with Gasteiger partial charge in [0.05, 0.1) is 5.71 Å². The zero-order valence-electron chi connectivity index (χ0n) is 13.8. The molecule has 0 bridgehead atoms. The van der Waals surface area contributed by atoms with E-state index in [9.17, 15) is 0 Å². The smallest absolute Gasteiger partial charge is 0.243 e. The first kappa shape index (κ1) is 16.1. The van der Waals surface area contributed by atoms with Gasteiger partial charge < -0.3 is 0 Å². The Morgan fingerprint density at radius 2 is 2.00 bits per heavy atom. The predicted octanol–water partition coefficient (Wildman–Crippen LogP) is 4.27. The van der Waals surface area contributed by atoms with E-state index in [1.54, 1.807) is 0 Å². The largest absolute Gasteiger partial charge is 0.245 e. The molecule has 0 fully saturated rings. The normalized spacial score (nSPS) is 11.5. The van der Waals surface area contributed by atoms with Gasteiger partial charge in [-0.1, -0.05) is 43.2 Å². The molecule has 1 aromatic heterocycles. The van der Waals surface area contributed by atoms with E-state index in [0.29, 0.717) is 5.95 Å². The molecule has 4 nitrogen and oxygen atoms in total. The van der Waals surface area contributed by atoms with Gasteiger partial charge in [-0.3, -0.25) is 0 Å². The SMILES string of the molecule is CCCCc1cc(C)nc(NN=C(C)c2cccc(C)c2)n1. The lowest BCUT2D eigenvalue weighted by Crippen LogP contribution is -2.05. The molecule has 4 heteroatoms. The number of hydrazone groups is 1. The molecule has 0 amide bonds. The molecule has 0 aliphatic rings. The number of aryl methyl sites for hydroxylation is 3. The standard InChI is InChI=1S/C18H24N4/c1-5-6-10-17-12-14(3)19-18(20-17)22-21-15(4)16-9-7-8-13(2)11-16/h7-9,11-12H,5-6,10H2,1-4H3,(H,19,20,22). The van der Waals surface area contributed by atoms with Crippen LogP contribution in [-0.4, -0.2) is 15.7 Å². The summed E-state index contributed by atoms with van der Waals surface area (Å²) >= 11 is 0. The minimum absolute atomic E-state index is 0.568. The van der Waals surface area contributed by atoms with E-state index in [2.05, 4.69) is 52.5 Å². The van der Waals surface area contributed by atoms with Crippen molar-refractivity contribution in [3.8, 4) is 0 Å². The van der Waals surface area contributed by atoms with Crippen LogP contribution in [0.4, 0.5) is 5.95 Å². The third-order valence-electron chi connectivity index (χ3n) is 3.45. The second-order valence-corrected chi connectivity index (χ2v) is 5.61. The summed E-state index contributed by atoms with van der Waals surface area (Å²) in [6, 6.07) is 10.3. The predicted molar refractivity (Wildman–Crippen MR) is 92.4 cm³/mol. The van der Waals surface area contributed by atoms with E-state index in [1.807, 2.05) is 26.0 Å². The lowest BCUT2D eigenvalue weighted by molar-refractivity contribution is 0.772. The number of anilines is 1. The molecule has 2 aromatic rings. The highest BCUT2D eigenvalue weighted by Crippen LogP contribution is 2.09. The van der Waals surface area contributed by atoms with Crippen molar-refractivity contribution in [1.82, 2.24) is 9.97 Å². The molecule has 0 atom stereocenters. The summed E-state index contributed by atoms with van der Waals surface area (Å²) in [5.41, 5.74) is 8.27. The number of unbranched alkanes of at least 4 members (excludes halogenated alkanes) is 1. The van der Waals surface area contributed by atoms with Gasteiger partial charge in [-0.25, -0.2) is 15.4 Å². The van der Waals surface area contributed by atoms with Gasteiger partial charge in [0.15, 0.2) is 0 Å². The molecule has 2 rings (SSSR count). The fraction of sp³-hybridized carbons (Fsp3) is 0.389. The summed E-state index contributed by atoms with van der Waals surface area (Å²) in [6.07, 6.45) is 3.28. The number of hydrogen-bond donors (Lipinski definition) is 1. The Hall–Kier alpha value is -2.23. The number of aromatic nitrogens is 2. The van der Waals surface area contributed by atoms with E-state index in [0.717, 1.165) is 41.9 Å². The van der Waals surface area contributed by atoms with Gasteiger partial charge in [0.25, 0.3) is 0 Å². The van der Waals surface area contributed by atoms with Crippen LogP contribution in [0.5, 0.6) is 0 Å². The van der Waals surface area contributed by atoms with Crippen molar-refractivity contribution < 1.29 is 0 Å². The van der Waals surface area contributed by atoms with Gasteiger partial charge in [0.2, 0.25) is 5.95 Å². The first-order valence-corrected chi connectivity index (χ1v) is 7.80. The average molecular weight is 296 g/mol. The third kappa shape index (κ3) is 4.65. The van der Waals surface area contributed by atoms with Crippen molar-refractivity contribution in [3.63, 3.8) is 0 Å². The second kappa shape index (κ2) is 7.69. The van der Waals surface area contributed by atoms with Crippen LogP contribution in [0.25, 0.3) is 0 Å². The fourth-order valence-corrected chi connectivity index (χ4v) is 2.24. The summed E-state index contributed by atoms with van der Waals surface area (Å²) in [5, 5.41) is 4.41. The lowest BCUT2D eigenvalue weighted by atomic mass is 10.1. The zero-order chi connectivity index (χ0) is 15.9. The van der Waals surface area contributed by atoms with E-state index in [-0.39, 0.29) is 0 Å². The van der Waals surface area contributed by atoms with Gasteiger partial charge in [0, 0.05) is 11.4 Å². The van der Waals surface area contributed by atoms with Gasteiger partial charge in [-0.15, -0.1) is 0 Å². The molecular formula is C18H24N4. The molecule has 0 saturated heterocycles. The average Bonchev–Trinajstić information content (AvgIpc) is 2.50. The molecule has 0 aliphatic heterocycles. The van der Waals surface area contributed by atoms with Gasteiger partial charge in [-0.2, -0.15) is 5.10 Å². The quantitative estimate of drug-likeness (QED) is 0.639. The Labute approximate surface area is 132 Å². The molecule has 0 aliphatic carbocycles. The number of nitrogens with one attached hydrogen (secondary N) is 1. The molecule has 22 heavy (non-hydrogen) atoms. The first-order chi connectivity index (χ1) is 10.6. The molecule has 116 valence electrons. The summed E-state index contributed by atoms with van der Waals surface area (Å²) in [6.45, 7) is 8.23. The molecular weight excluding hydrogens is 272 g/mol. The maximum Gasteiger partial charge on any atom is 0.243 e. The van der Waals surface area contributed by atoms with Crippen LogP contribution in [0.3, 0.4) is 0 Å². The Bertz CT molecular complexity index is 662. The van der Waals surface area contributed by atoms with Crippen molar-refractivity contribution in [2.24, 2.45) is 5.10 Å². The number of benzene rings is 1. The monoisotopic (exact) mass is 296 g/mol. The molecule has 0 spiro atoms. The molecule has 1 aromatic carbocycles. The van der Waals surface area contributed by atoms with Crippen molar-refractivity contribution in [2.45, 2.75) is 47.0 Å². The van der Waals surface area contributed by atoms with Crippen LogP contribution in [0.2, 0.25) is 0 Å². The van der Waals surface area contributed by atoms with Gasteiger partial charge in [0.1, 0.15) is 0 Å². The summed E-state index contributed by atoms with van der Waals surface area (Å²) in [7, 11) is 0. The van der Waals surface area contributed by atoms with Crippen molar-refractivity contribution in [1.29, 1.82) is 0 Å². The maximum absolute atomic E-state index is 4.52. The molecule has 0 radical (unpaired) electrons. The van der Waals surface area contributed by atoms with Crippen LogP contribution in [-0.2, 0) is 6.42 Å². The lowest BCUT2D eigenvalue weighted by Gasteiger charge is -2.06. The minimum atomic E-state index is 0.568. The van der Waals surface area contributed by atoms with Crippen LogP contribution in [0.1, 0.15) is 49.2 Å². The van der Waals surface area contributed by atoms with Crippen molar-refractivity contribution in [3.05, 3.63) is 52.8 Å². The van der Waals surface area contributed by atoms with Gasteiger partial charge >= 0.3 is 0 Å². The fourth-order valence-electron chi connectivity index (χ4n) is 2.24. The number of nitrogens with zero attached hydrogens (tertiary/aromatic N) is 3. The Morgan fingerprint density at radius 1 is 1.18 bits per heavy atom. The van der Waals surface area contributed by atoms with E-state index >= 15 is 0 Å². The number of hydrogen-bond acceptors (Lipinski definition) is 4. The van der Waals surface area contributed by atoms with E-state index in [1.165, 1.54) is 5.56 Å². The summed E-state index contributed by atoms with van der Waals surface area (Å²) in [5.74, 6) is 0.568. The number of rotatable bonds is 6. The highest BCUT2D eigenvalue weighted by Gasteiger charge is 2.02. The minimum Gasteiger partial charge on any atom is -0.245 e. The third-order valence-corrected chi connectivity index (χ3v) is 3.45. The second-order valence-electron chi connectivity index (χ2n) is 5.61. The summed E-state index contributed by atoms with van der Waals surface area (Å²) in [4.78, 5) is 8.92.